The van der Waals surface area contributed by atoms with Crippen molar-refractivity contribution in [1.29, 1.82) is 0 Å². The predicted molar refractivity (Wildman–Crippen MR) is 70.2 cm³/mol. The zero-order chi connectivity index (χ0) is 12.3. The maximum Gasteiger partial charge on any atom is 0.192 e. The third-order valence-electron chi connectivity index (χ3n) is 2.24. The quantitative estimate of drug-likeness (QED) is 0.867. The molecule has 2 aromatic rings. The average Bonchev–Trinajstić information content (AvgIpc) is 2.32. The topological polar surface area (TPSA) is 51.8 Å². The van der Waals surface area contributed by atoms with E-state index in [2.05, 4.69) is 9.97 Å². The molecule has 0 spiro atoms. The van der Waals surface area contributed by atoms with Gasteiger partial charge in [-0.2, -0.15) is 0 Å². The first kappa shape index (κ1) is 12.4. The third kappa shape index (κ3) is 2.97. The Morgan fingerprint density at radius 2 is 2.00 bits per heavy atom. The second kappa shape index (κ2) is 5.49. The van der Waals surface area contributed by atoms with Gasteiger partial charge in [-0.3, -0.25) is 0 Å². The fourth-order valence-electron chi connectivity index (χ4n) is 1.36. The largest absolute Gasteiger partial charge is 0.326 e. The average molecular weight is 266 g/mol. The lowest BCUT2D eigenvalue weighted by atomic mass is 10.2. The van der Waals surface area contributed by atoms with Crippen LogP contribution in [0.2, 0.25) is 5.02 Å². The zero-order valence-electron chi connectivity index (χ0n) is 9.35. The van der Waals surface area contributed by atoms with Crippen LogP contribution in [0.4, 0.5) is 0 Å². The van der Waals surface area contributed by atoms with E-state index in [1.165, 1.54) is 11.8 Å². The number of benzene rings is 1. The molecular formula is C12H12ClN3S. The number of hydrogen-bond acceptors (Lipinski definition) is 4. The number of aromatic nitrogens is 2. The fourth-order valence-corrected chi connectivity index (χ4v) is 2.54. The number of aryl methyl sites for hydroxylation is 1. The van der Waals surface area contributed by atoms with Crippen molar-refractivity contribution in [3.05, 3.63) is 46.7 Å². The van der Waals surface area contributed by atoms with Crippen molar-refractivity contribution in [2.45, 2.75) is 23.5 Å². The Morgan fingerprint density at radius 3 is 2.65 bits per heavy atom. The highest BCUT2D eigenvalue weighted by Crippen LogP contribution is 2.31. The molecular weight excluding hydrogens is 254 g/mol. The number of nitrogens with two attached hydrogens (primary N) is 1. The Kier molecular flexibility index (Phi) is 3.99. The molecule has 0 fully saturated rings. The highest BCUT2D eigenvalue weighted by atomic mass is 35.5. The van der Waals surface area contributed by atoms with Crippen LogP contribution in [-0.2, 0) is 6.54 Å². The number of nitrogens with zero attached hydrogens (tertiary/aromatic N) is 2. The van der Waals surface area contributed by atoms with E-state index in [4.69, 9.17) is 17.3 Å². The molecule has 1 aromatic carbocycles. The second-order valence-corrected chi connectivity index (χ2v) is 4.98. The third-order valence-corrected chi connectivity index (χ3v) is 3.59. The van der Waals surface area contributed by atoms with Crippen LogP contribution in [0.15, 0.2) is 40.6 Å². The normalized spacial score (nSPS) is 10.5. The molecule has 0 unspecified atom stereocenters. The summed E-state index contributed by atoms with van der Waals surface area (Å²) < 4.78 is 0. The van der Waals surface area contributed by atoms with Crippen molar-refractivity contribution in [1.82, 2.24) is 9.97 Å². The maximum absolute atomic E-state index is 6.09. The molecule has 0 radical (unpaired) electrons. The first-order valence-corrected chi connectivity index (χ1v) is 6.34. The molecule has 3 nitrogen and oxygen atoms in total. The van der Waals surface area contributed by atoms with Crippen molar-refractivity contribution in [2.24, 2.45) is 5.73 Å². The van der Waals surface area contributed by atoms with E-state index in [9.17, 15) is 0 Å². The van der Waals surface area contributed by atoms with Crippen molar-refractivity contribution in [3.63, 3.8) is 0 Å². The molecule has 0 atom stereocenters. The van der Waals surface area contributed by atoms with Crippen LogP contribution >= 0.6 is 23.4 Å². The van der Waals surface area contributed by atoms with Gasteiger partial charge in [0.15, 0.2) is 5.16 Å². The molecule has 1 heterocycles. The number of halogens is 1. The van der Waals surface area contributed by atoms with Gasteiger partial charge in [-0.25, -0.2) is 9.97 Å². The predicted octanol–water partition coefficient (Wildman–Crippen LogP) is 3.05. The summed E-state index contributed by atoms with van der Waals surface area (Å²) >= 11 is 7.56. The van der Waals surface area contributed by atoms with E-state index in [0.29, 0.717) is 16.7 Å². The van der Waals surface area contributed by atoms with Crippen molar-refractivity contribution in [2.75, 3.05) is 0 Å². The van der Waals surface area contributed by atoms with Crippen LogP contribution < -0.4 is 5.73 Å². The Balaban J connectivity index is 2.29. The van der Waals surface area contributed by atoms with Crippen LogP contribution in [0.5, 0.6) is 0 Å². The lowest BCUT2D eigenvalue weighted by Crippen LogP contribution is -1.99. The van der Waals surface area contributed by atoms with Crippen LogP contribution in [-0.4, -0.2) is 9.97 Å². The Labute approximate surface area is 109 Å². The van der Waals surface area contributed by atoms with Crippen molar-refractivity contribution in [3.8, 4) is 0 Å². The van der Waals surface area contributed by atoms with E-state index in [-0.39, 0.29) is 0 Å². The van der Waals surface area contributed by atoms with Crippen LogP contribution in [0.3, 0.4) is 0 Å². The molecule has 1 aromatic heterocycles. The summed E-state index contributed by atoms with van der Waals surface area (Å²) in [6.45, 7) is 2.37. The molecule has 2 N–H and O–H groups in total. The van der Waals surface area contributed by atoms with E-state index < -0.39 is 0 Å². The minimum absolute atomic E-state index is 0.411. The lowest BCUT2D eigenvalue weighted by molar-refractivity contribution is 0.945. The Morgan fingerprint density at radius 1 is 1.29 bits per heavy atom. The summed E-state index contributed by atoms with van der Waals surface area (Å²) in [4.78, 5) is 9.50. The summed E-state index contributed by atoms with van der Waals surface area (Å²) in [6, 6.07) is 5.71. The van der Waals surface area contributed by atoms with Gasteiger partial charge in [-0.1, -0.05) is 17.7 Å². The SMILES string of the molecule is Cc1cnc(Sc2cccc(Cl)c2CN)nc1. The van der Waals surface area contributed by atoms with Gasteiger partial charge in [0, 0.05) is 28.9 Å². The standard InChI is InChI=1S/C12H12ClN3S/c1-8-6-15-12(16-7-8)17-11-4-2-3-10(13)9(11)5-14/h2-4,6-7H,5,14H2,1H3. The van der Waals surface area contributed by atoms with Crippen LogP contribution in [0.25, 0.3) is 0 Å². The summed E-state index contributed by atoms with van der Waals surface area (Å²) in [5.41, 5.74) is 7.67. The van der Waals surface area contributed by atoms with Gasteiger partial charge in [0.25, 0.3) is 0 Å². The van der Waals surface area contributed by atoms with E-state index in [0.717, 1.165) is 16.0 Å². The monoisotopic (exact) mass is 265 g/mol. The van der Waals surface area contributed by atoms with Crippen LogP contribution in [0.1, 0.15) is 11.1 Å². The van der Waals surface area contributed by atoms with Gasteiger partial charge >= 0.3 is 0 Å². The summed E-state index contributed by atoms with van der Waals surface area (Å²) in [7, 11) is 0. The van der Waals surface area contributed by atoms with Crippen LogP contribution in [0, 0.1) is 6.92 Å². The fraction of sp³-hybridized carbons (Fsp3) is 0.167. The molecule has 0 bridgehead atoms. The minimum Gasteiger partial charge on any atom is -0.326 e. The molecule has 0 aliphatic carbocycles. The molecule has 0 saturated heterocycles. The number of rotatable bonds is 3. The van der Waals surface area contributed by atoms with Gasteiger partial charge in [0.05, 0.1) is 0 Å². The summed E-state index contributed by atoms with van der Waals surface area (Å²) in [6.07, 6.45) is 3.59. The lowest BCUT2D eigenvalue weighted by Gasteiger charge is -2.07. The Bertz CT molecular complexity index is 514. The van der Waals surface area contributed by atoms with Crippen molar-refractivity contribution >= 4 is 23.4 Å². The second-order valence-electron chi connectivity index (χ2n) is 3.57. The Hall–Kier alpha value is -1.10. The van der Waals surface area contributed by atoms with E-state index in [1.54, 1.807) is 12.4 Å². The first-order chi connectivity index (χ1) is 8.20. The highest BCUT2D eigenvalue weighted by Gasteiger charge is 2.08. The minimum atomic E-state index is 0.411. The van der Waals surface area contributed by atoms with Gasteiger partial charge < -0.3 is 5.73 Å². The maximum atomic E-state index is 6.09. The van der Waals surface area contributed by atoms with E-state index in [1.807, 2.05) is 25.1 Å². The molecule has 0 aliphatic heterocycles. The summed E-state index contributed by atoms with van der Waals surface area (Å²) in [5.74, 6) is 0. The first-order valence-electron chi connectivity index (χ1n) is 5.14. The molecule has 5 heteroatoms. The van der Waals surface area contributed by atoms with Gasteiger partial charge in [0.1, 0.15) is 0 Å². The molecule has 17 heavy (non-hydrogen) atoms. The zero-order valence-corrected chi connectivity index (χ0v) is 10.9. The summed E-state index contributed by atoms with van der Waals surface area (Å²) in [5, 5.41) is 1.39. The van der Waals surface area contributed by atoms with Crippen molar-refractivity contribution < 1.29 is 0 Å². The van der Waals surface area contributed by atoms with Gasteiger partial charge in [-0.05, 0) is 41.9 Å². The molecule has 0 saturated carbocycles. The highest BCUT2D eigenvalue weighted by molar-refractivity contribution is 7.99. The molecule has 0 amide bonds. The molecule has 0 aliphatic rings. The van der Waals surface area contributed by atoms with Gasteiger partial charge in [-0.15, -0.1) is 0 Å². The molecule has 2 rings (SSSR count). The molecule has 88 valence electrons. The number of hydrogen-bond donors (Lipinski definition) is 1. The smallest absolute Gasteiger partial charge is 0.192 e. The van der Waals surface area contributed by atoms with E-state index >= 15 is 0 Å². The van der Waals surface area contributed by atoms with Gasteiger partial charge in [0.2, 0.25) is 0 Å².